The van der Waals surface area contributed by atoms with Gasteiger partial charge in [-0.2, -0.15) is 0 Å². The lowest BCUT2D eigenvalue weighted by atomic mass is 9.80. The summed E-state index contributed by atoms with van der Waals surface area (Å²) in [6.45, 7) is 11.3. The zero-order valence-corrected chi connectivity index (χ0v) is 25.1. The third-order valence-corrected chi connectivity index (χ3v) is 8.38. The summed E-state index contributed by atoms with van der Waals surface area (Å²) in [4.78, 5) is 23.0. The number of benzene rings is 2. The highest BCUT2D eigenvalue weighted by Crippen LogP contribution is 2.40. The molecule has 2 saturated heterocycles. The number of hydrogen-bond donors (Lipinski definition) is 0. The van der Waals surface area contributed by atoms with E-state index in [4.69, 9.17) is 23.8 Å². The summed E-state index contributed by atoms with van der Waals surface area (Å²) in [5.74, 6) is 1.71. The Labute approximate surface area is 247 Å². The van der Waals surface area contributed by atoms with Gasteiger partial charge in [-0.05, 0) is 57.4 Å². The van der Waals surface area contributed by atoms with Crippen molar-refractivity contribution in [2.75, 3.05) is 59.7 Å². The van der Waals surface area contributed by atoms with Gasteiger partial charge >= 0.3 is 5.97 Å². The molecule has 1 spiro atoms. The van der Waals surface area contributed by atoms with Crippen molar-refractivity contribution in [1.29, 1.82) is 0 Å². The Balaban J connectivity index is 1.18. The minimum atomic E-state index is -0.428. The average molecular weight is 584 g/mol. The Morgan fingerprint density at radius 2 is 1.71 bits per heavy atom. The predicted molar refractivity (Wildman–Crippen MR) is 157 cm³/mol. The number of amidine groups is 1. The third kappa shape index (κ3) is 6.49. The maximum Gasteiger partial charge on any atom is 0.311 e. The van der Waals surface area contributed by atoms with Crippen molar-refractivity contribution in [3.05, 3.63) is 47.8 Å². The Hall–Kier alpha value is -3.37. The molecule has 2 fully saturated rings. The number of methoxy groups -OCH3 is 1. The fraction of sp³-hybridized carbons (Fsp3) is 0.562. The van der Waals surface area contributed by atoms with Crippen LogP contribution in [-0.4, -0.2) is 86.9 Å². The van der Waals surface area contributed by atoms with Gasteiger partial charge < -0.3 is 28.7 Å². The van der Waals surface area contributed by atoms with E-state index in [0.717, 1.165) is 80.3 Å². The zero-order chi connectivity index (χ0) is 29.7. The van der Waals surface area contributed by atoms with Crippen molar-refractivity contribution in [3.8, 4) is 22.6 Å². The molecular formula is C32H42FN3O6. The van der Waals surface area contributed by atoms with Crippen LogP contribution in [0.4, 0.5) is 4.39 Å². The van der Waals surface area contributed by atoms with Crippen LogP contribution in [0.5, 0.6) is 11.5 Å². The van der Waals surface area contributed by atoms with Crippen molar-refractivity contribution in [1.82, 2.24) is 9.80 Å². The van der Waals surface area contributed by atoms with Crippen LogP contribution in [0.25, 0.3) is 11.1 Å². The van der Waals surface area contributed by atoms with E-state index in [2.05, 4.69) is 27.1 Å². The molecule has 0 atom stereocenters. The Bertz CT molecular complexity index is 1290. The highest BCUT2D eigenvalue weighted by molar-refractivity contribution is 5.85. The molecule has 0 unspecified atom stereocenters. The standard InChI is InChI=1S/C32H42FN3O6/c1-5-39-27-17-23(7-9-25(27)26-10-8-24(33)18-28(26)41-16-15-38-4)20-35-21-32(22-35)19-29(34-42-32)36-13-11-31(3,12-14-36)30(37)40-6-2/h7-10,17-18H,5-6,11-16,19-22H2,1-4H3. The van der Waals surface area contributed by atoms with E-state index in [9.17, 15) is 9.18 Å². The Kier molecular flexibility index (Phi) is 9.22. The second-order valence-electron chi connectivity index (χ2n) is 11.6. The van der Waals surface area contributed by atoms with Crippen LogP contribution >= 0.6 is 0 Å². The lowest BCUT2D eigenvalue weighted by Crippen LogP contribution is -2.61. The van der Waals surface area contributed by atoms with Crippen LogP contribution in [-0.2, 0) is 25.7 Å². The fourth-order valence-corrected chi connectivity index (χ4v) is 5.98. The third-order valence-electron chi connectivity index (χ3n) is 8.38. The van der Waals surface area contributed by atoms with Crippen LogP contribution < -0.4 is 9.47 Å². The molecule has 3 heterocycles. The van der Waals surface area contributed by atoms with Crippen LogP contribution in [0, 0.1) is 11.2 Å². The molecule has 0 amide bonds. The molecule has 0 saturated carbocycles. The van der Waals surface area contributed by atoms with Gasteiger partial charge in [0, 0.05) is 57.0 Å². The monoisotopic (exact) mass is 583 g/mol. The maximum atomic E-state index is 14.0. The number of halogens is 1. The summed E-state index contributed by atoms with van der Waals surface area (Å²) in [7, 11) is 1.60. The van der Waals surface area contributed by atoms with Gasteiger partial charge in [0.2, 0.25) is 0 Å². The van der Waals surface area contributed by atoms with Crippen molar-refractivity contribution < 1.29 is 33.0 Å². The van der Waals surface area contributed by atoms with Crippen molar-refractivity contribution in [3.63, 3.8) is 0 Å². The number of nitrogens with zero attached hydrogens (tertiary/aromatic N) is 3. The van der Waals surface area contributed by atoms with Gasteiger partial charge in [0.1, 0.15) is 29.8 Å². The maximum absolute atomic E-state index is 14.0. The molecule has 3 aliphatic rings. The average Bonchev–Trinajstić information content (AvgIpc) is 3.40. The van der Waals surface area contributed by atoms with Crippen LogP contribution in [0.1, 0.15) is 45.6 Å². The number of carbonyl (C=O) groups is 1. The van der Waals surface area contributed by atoms with E-state index in [1.54, 1.807) is 13.2 Å². The summed E-state index contributed by atoms with van der Waals surface area (Å²) < 4.78 is 36.3. The Morgan fingerprint density at radius 1 is 1.00 bits per heavy atom. The van der Waals surface area contributed by atoms with Gasteiger partial charge in [-0.3, -0.25) is 9.69 Å². The number of oxime groups is 1. The second-order valence-corrected chi connectivity index (χ2v) is 11.6. The first-order valence-electron chi connectivity index (χ1n) is 14.8. The molecule has 0 N–H and O–H groups in total. The van der Waals surface area contributed by atoms with Gasteiger partial charge in [0.05, 0.1) is 31.7 Å². The highest BCUT2D eigenvalue weighted by atomic mass is 19.1. The van der Waals surface area contributed by atoms with E-state index >= 15 is 0 Å². The molecule has 42 heavy (non-hydrogen) atoms. The van der Waals surface area contributed by atoms with Crippen molar-refractivity contribution in [2.24, 2.45) is 10.6 Å². The van der Waals surface area contributed by atoms with Crippen molar-refractivity contribution >= 4 is 11.8 Å². The number of ether oxygens (including phenoxy) is 4. The number of likely N-dealkylation sites (tertiary alicyclic amines) is 2. The number of esters is 1. The van der Waals surface area contributed by atoms with E-state index in [-0.39, 0.29) is 17.4 Å². The molecule has 0 radical (unpaired) electrons. The van der Waals surface area contributed by atoms with Crippen molar-refractivity contribution in [2.45, 2.75) is 52.2 Å². The first-order chi connectivity index (χ1) is 20.3. The van der Waals surface area contributed by atoms with Crippen LogP contribution in [0.15, 0.2) is 41.6 Å². The molecular weight excluding hydrogens is 541 g/mol. The fourth-order valence-electron chi connectivity index (χ4n) is 5.98. The SMILES string of the molecule is CCOC(=O)C1(C)CCN(C2=NOC3(C2)CN(Cc2ccc(-c4ccc(F)cc4OCCOC)c(OCC)c2)C3)CC1. The van der Waals surface area contributed by atoms with Crippen LogP contribution in [0.3, 0.4) is 0 Å². The Morgan fingerprint density at radius 3 is 2.40 bits per heavy atom. The topological polar surface area (TPSA) is 82.1 Å². The van der Waals surface area contributed by atoms with Gasteiger partial charge in [0.15, 0.2) is 5.60 Å². The normalized spacial score (nSPS) is 19.2. The number of carbonyl (C=O) groups excluding carboxylic acids is 1. The quantitative estimate of drug-likeness (QED) is 0.274. The molecule has 3 aliphatic heterocycles. The molecule has 5 rings (SSSR count). The van der Waals surface area contributed by atoms with Gasteiger partial charge in [-0.15, -0.1) is 0 Å². The van der Waals surface area contributed by atoms with Gasteiger partial charge in [0.25, 0.3) is 0 Å². The van der Waals surface area contributed by atoms with Gasteiger partial charge in [-0.25, -0.2) is 4.39 Å². The lowest BCUT2D eigenvalue weighted by Gasteiger charge is -2.45. The predicted octanol–water partition coefficient (Wildman–Crippen LogP) is 4.87. The molecule has 10 heteroatoms. The largest absolute Gasteiger partial charge is 0.493 e. The highest BCUT2D eigenvalue weighted by Gasteiger charge is 2.51. The minimum Gasteiger partial charge on any atom is -0.493 e. The number of hydrogen-bond acceptors (Lipinski definition) is 9. The first-order valence-corrected chi connectivity index (χ1v) is 14.8. The smallest absolute Gasteiger partial charge is 0.311 e. The molecule has 0 aliphatic carbocycles. The van der Waals surface area contributed by atoms with E-state index in [1.807, 2.05) is 26.8 Å². The molecule has 0 aromatic heterocycles. The molecule has 0 bridgehead atoms. The van der Waals surface area contributed by atoms with E-state index in [0.29, 0.717) is 32.2 Å². The summed E-state index contributed by atoms with van der Waals surface area (Å²) in [6.07, 6.45) is 2.28. The second kappa shape index (κ2) is 12.9. The zero-order valence-electron chi connectivity index (χ0n) is 25.1. The minimum absolute atomic E-state index is 0.102. The van der Waals surface area contributed by atoms with Gasteiger partial charge in [-0.1, -0.05) is 17.3 Å². The first kappa shape index (κ1) is 30.1. The van der Waals surface area contributed by atoms with E-state index in [1.165, 1.54) is 12.1 Å². The lowest BCUT2D eigenvalue weighted by molar-refractivity contribution is -0.156. The molecule has 228 valence electrons. The summed E-state index contributed by atoms with van der Waals surface area (Å²) >= 11 is 0. The molecule has 2 aromatic rings. The number of piperidine rings is 1. The summed E-state index contributed by atoms with van der Waals surface area (Å²) in [6, 6.07) is 10.7. The molecule has 2 aromatic carbocycles. The summed E-state index contributed by atoms with van der Waals surface area (Å²) in [5.41, 5.74) is 2.03. The molecule has 9 nitrogen and oxygen atoms in total. The summed E-state index contributed by atoms with van der Waals surface area (Å²) in [5, 5.41) is 4.46. The van der Waals surface area contributed by atoms with Crippen LogP contribution in [0.2, 0.25) is 0 Å². The van der Waals surface area contributed by atoms with E-state index < -0.39 is 5.41 Å². The number of rotatable bonds is 11.